The van der Waals surface area contributed by atoms with Gasteiger partial charge in [0.2, 0.25) is 0 Å². The molecule has 320 valence electrons. The maximum absolute atomic E-state index is 13.4. The number of carbonyl (C=O) groups excluding carboxylic acids is 8. The van der Waals surface area contributed by atoms with Gasteiger partial charge in [-0.3, -0.25) is 9.59 Å². The predicted octanol–water partition coefficient (Wildman–Crippen LogP) is 4.57. The Morgan fingerprint density at radius 3 is 0.655 bits per heavy atom. The zero-order valence-electron chi connectivity index (χ0n) is 34.4. The number of rotatable bonds is 24. The smallest absolute Gasteiger partial charge is 0.333 e. The van der Waals surface area contributed by atoms with Crippen molar-refractivity contribution in [1.29, 1.82) is 0 Å². The number of hydrogen-bond donors (Lipinski definition) is 0. The molecule has 0 aromatic carbocycles. The number of hydrogen-bond acceptors (Lipinski definition) is 16. The van der Waals surface area contributed by atoms with Crippen molar-refractivity contribution in [3.8, 4) is 0 Å². The fourth-order valence-corrected chi connectivity index (χ4v) is 4.80. The van der Waals surface area contributed by atoms with Crippen LogP contribution in [0.5, 0.6) is 0 Å². The van der Waals surface area contributed by atoms with Crippen molar-refractivity contribution in [2.75, 3.05) is 52.9 Å². The zero-order valence-corrected chi connectivity index (χ0v) is 34.4. The third kappa shape index (κ3) is 17.1. The molecule has 0 unspecified atom stereocenters. The molecule has 1 rings (SSSR count). The summed E-state index contributed by atoms with van der Waals surface area (Å²) in [4.78, 5) is 101. The van der Waals surface area contributed by atoms with Crippen molar-refractivity contribution < 1.29 is 76.3 Å². The molecule has 58 heavy (non-hydrogen) atoms. The van der Waals surface area contributed by atoms with Crippen LogP contribution in [0.3, 0.4) is 0 Å². The van der Waals surface area contributed by atoms with Gasteiger partial charge in [0, 0.05) is 33.4 Å². The van der Waals surface area contributed by atoms with E-state index in [0.29, 0.717) is 0 Å². The Morgan fingerprint density at radius 1 is 0.345 bits per heavy atom. The quantitative estimate of drug-likeness (QED) is 0.0742. The first-order valence-corrected chi connectivity index (χ1v) is 18.2. The first kappa shape index (κ1) is 50.2. The highest BCUT2D eigenvalue weighted by Gasteiger charge is 2.41. The highest BCUT2D eigenvalue weighted by molar-refractivity contribution is 5.89. The predicted molar refractivity (Wildman–Crippen MR) is 207 cm³/mol. The topological polar surface area (TPSA) is 210 Å². The van der Waals surface area contributed by atoms with Gasteiger partial charge in [0.1, 0.15) is 63.7 Å². The summed E-state index contributed by atoms with van der Waals surface area (Å²) in [5.41, 5.74) is -2.70. The molecule has 0 N–H and O–H groups in total. The first-order chi connectivity index (χ1) is 26.9. The van der Waals surface area contributed by atoms with Gasteiger partial charge in [0.15, 0.2) is 0 Å². The van der Waals surface area contributed by atoms with Gasteiger partial charge in [-0.15, -0.1) is 0 Å². The van der Waals surface area contributed by atoms with Gasteiger partial charge in [0.05, 0.1) is 11.8 Å². The van der Waals surface area contributed by atoms with Gasteiger partial charge in [-0.25, -0.2) is 28.8 Å². The minimum absolute atomic E-state index is 0.0633. The summed E-state index contributed by atoms with van der Waals surface area (Å²) in [6.07, 6.45) is 0.775. The molecule has 0 aromatic rings. The Bertz CT molecular complexity index is 1400. The van der Waals surface area contributed by atoms with E-state index in [9.17, 15) is 38.4 Å². The molecule has 1 fully saturated rings. The van der Waals surface area contributed by atoms with Crippen molar-refractivity contribution in [2.45, 2.75) is 67.2 Å². The van der Waals surface area contributed by atoms with E-state index in [1.807, 2.05) is 0 Å². The summed E-state index contributed by atoms with van der Waals surface area (Å²) >= 11 is 0. The molecule has 0 heterocycles. The molecule has 0 atom stereocenters. The van der Waals surface area contributed by atoms with Gasteiger partial charge >= 0.3 is 47.8 Å². The molecule has 16 heteroatoms. The summed E-state index contributed by atoms with van der Waals surface area (Å²) < 4.78 is 43.4. The molecule has 1 saturated carbocycles. The van der Waals surface area contributed by atoms with Gasteiger partial charge in [-0.05, 0) is 67.2 Å². The van der Waals surface area contributed by atoms with Crippen molar-refractivity contribution in [3.05, 3.63) is 72.9 Å². The molecule has 0 aliphatic heterocycles. The Morgan fingerprint density at radius 2 is 0.500 bits per heavy atom. The maximum Gasteiger partial charge on any atom is 0.333 e. The minimum Gasteiger partial charge on any atom is -0.464 e. The molecule has 0 radical (unpaired) electrons. The maximum atomic E-state index is 13.4. The van der Waals surface area contributed by atoms with E-state index in [1.54, 1.807) is 0 Å². The van der Waals surface area contributed by atoms with Crippen molar-refractivity contribution in [3.63, 3.8) is 0 Å². The molecule has 0 amide bonds. The SMILES string of the molecule is C=C(C)C(=O)OCC(COC(=O)C(=C)C)(COC(=O)C(=C)C)COC(=O)C1CCC(C(=O)OCC(COC(=O)C(=C)C)(COC(=O)C(=C)C)COC(=O)C(=C)C)CC1. The average Bonchev–Trinajstić information content (AvgIpc) is 3.18. The highest BCUT2D eigenvalue weighted by Crippen LogP contribution is 2.33. The van der Waals surface area contributed by atoms with Crippen LogP contribution in [0.2, 0.25) is 0 Å². The Labute approximate surface area is 339 Å². The molecule has 0 spiro atoms. The largest absolute Gasteiger partial charge is 0.464 e. The van der Waals surface area contributed by atoms with Crippen LogP contribution < -0.4 is 0 Å². The van der Waals surface area contributed by atoms with E-state index in [4.69, 9.17) is 37.9 Å². The van der Waals surface area contributed by atoms with Gasteiger partial charge in [-0.2, -0.15) is 0 Å². The van der Waals surface area contributed by atoms with Crippen molar-refractivity contribution in [2.24, 2.45) is 22.7 Å². The third-order valence-corrected chi connectivity index (χ3v) is 8.58. The van der Waals surface area contributed by atoms with E-state index >= 15 is 0 Å². The van der Waals surface area contributed by atoms with Crippen molar-refractivity contribution in [1.82, 2.24) is 0 Å². The standard InChI is InChI=1S/C42H56O16/c1-25(2)33(43)51-17-41(18-52-34(44)26(3)4,19-53-35(45)27(5)6)23-57-39(49)31-13-15-32(16-14-31)40(50)58-24-42(20-54-36(46)28(7)8,21-55-37(47)29(9)10)22-56-38(48)30(11)12/h31-32H,1,3,5,7,9,11,13-24H2,2,4,6,8,10,12H3. The van der Waals surface area contributed by atoms with Crippen LogP contribution in [-0.2, 0) is 76.3 Å². The van der Waals surface area contributed by atoms with Crippen LogP contribution in [0.4, 0.5) is 0 Å². The Balaban J connectivity index is 3.17. The van der Waals surface area contributed by atoms with E-state index in [1.165, 1.54) is 41.5 Å². The molecular weight excluding hydrogens is 760 g/mol. The lowest BCUT2D eigenvalue weighted by molar-refractivity contribution is -0.174. The molecule has 0 bridgehead atoms. The Kier molecular flexibility index (Phi) is 20.3. The average molecular weight is 817 g/mol. The van der Waals surface area contributed by atoms with E-state index < -0.39 is 123 Å². The van der Waals surface area contributed by atoms with Gasteiger partial charge in [0.25, 0.3) is 0 Å². The lowest BCUT2D eigenvalue weighted by Crippen LogP contribution is -2.45. The van der Waals surface area contributed by atoms with E-state index in [0.717, 1.165) is 0 Å². The number of ether oxygens (including phenoxy) is 8. The third-order valence-electron chi connectivity index (χ3n) is 8.58. The monoisotopic (exact) mass is 816 g/mol. The van der Waals surface area contributed by atoms with Gasteiger partial charge in [-0.1, -0.05) is 39.5 Å². The summed E-state index contributed by atoms with van der Waals surface area (Å²) in [7, 11) is 0. The fourth-order valence-electron chi connectivity index (χ4n) is 4.80. The molecular formula is C42H56O16. The van der Waals surface area contributed by atoms with E-state index in [2.05, 4.69) is 39.5 Å². The Hall–Kier alpha value is -5.80. The lowest BCUT2D eigenvalue weighted by Gasteiger charge is -2.33. The second-order valence-corrected chi connectivity index (χ2v) is 14.9. The van der Waals surface area contributed by atoms with Crippen LogP contribution in [0.25, 0.3) is 0 Å². The number of carbonyl (C=O) groups is 8. The minimum atomic E-state index is -1.54. The summed E-state index contributed by atoms with van der Waals surface area (Å²) in [6, 6.07) is 0. The second kappa shape index (κ2) is 23.4. The normalized spacial score (nSPS) is 14.9. The summed E-state index contributed by atoms with van der Waals surface area (Å²) in [6.45, 7) is 25.7. The lowest BCUT2D eigenvalue weighted by atomic mass is 9.82. The molecule has 16 nitrogen and oxygen atoms in total. The van der Waals surface area contributed by atoms with Crippen LogP contribution in [0.15, 0.2) is 72.9 Å². The van der Waals surface area contributed by atoms with Crippen LogP contribution in [-0.4, -0.2) is 101 Å². The van der Waals surface area contributed by atoms with Gasteiger partial charge < -0.3 is 37.9 Å². The highest BCUT2D eigenvalue weighted by atomic mass is 16.6. The molecule has 0 saturated heterocycles. The molecule has 1 aliphatic carbocycles. The summed E-state index contributed by atoms with van der Waals surface area (Å²) in [5, 5.41) is 0. The van der Waals surface area contributed by atoms with E-state index in [-0.39, 0.29) is 59.1 Å². The molecule has 0 aromatic heterocycles. The number of esters is 8. The van der Waals surface area contributed by atoms with Crippen LogP contribution in [0, 0.1) is 22.7 Å². The summed E-state index contributed by atoms with van der Waals surface area (Å²) in [5.74, 6) is -7.43. The zero-order chi connectivity index (χ0) is 44.4. The van der Waals surface area contributed by atoms with Crippen LogP contribution in [0.1, 0.15) is 67.2 Å². The first-order valence-electron chi connectivity index (χ1n) is 18.2. The van der Waals surface area contributed by atoms with Crippen molar-refractivity contribution >= 4 is 47.8 Å². The molecule has 1 aliphatic rings. The second-order valence-electron chi connectivity index (χ2n) is 14.9. The van der Waals surface area contributed by atoms with Crippen LogP contribution >= 0.6 is 0 Å². The fraction of sp³-hybridized carbons (Fsp3) is 0.524.